The summed E-state index contributed by atoms with van der Waals surface area (Å²) in [7, 11) is 0. The second-order valence-electron chi connectivity index (χ2n) is 4.37. The zero-order valence-corrected chi connectivity index (χ0v) is 10.9. The Hall–Kier alpha value is -2.07. The molecule has 0 fully saturated rings. The number of pyridine rings is 1. The van der Waals surface area contributed by atoms with E-state index in [0.717, 1.165) is 5.56 Å². The van der Waals surface area contributed by atoms with E-state index < -0.39 is 0 Å². The molecule has 0 spiro atoms. The summed E-state index contributed by atoms with van der Waals surface area (Å²) in [5.41, 5.74) is 1.99. The van der Waals surface area contributed by atoms with Crippen molar-refractivity contribution in [3.8, 4) is 5.75 Å². The third kappa shape index (κ3) is 3.45. The molecule has 1 heterocycles. The Balaban J connectivity index is 2.09. The first-order valence-electron chi connectivity index (χ1n) is 6.19. The second kappa shape index (κ2) is 6.20. The Labute approximate surface area is 111 Å². The van der Waals surface area contributed by atoms with Crippen molar-refractivity contribution in [3.63, 3.8) is 0 Å². The zero-order chi connectivity index (χ0) is 13.7. The van der Waals surface area contributed by atoms with Crippen molar-refractivity contribution in [2.75, 3.05) is 6.61 Å². The monoisotopic (exact) mass is 259 g/mol. The number of rotatable bonds is 5. The van der Waals surface area contributed by atoms with Crippen LogP contribution in [0.4, 0.5) is 0 Å². The summed E-state index contributed by atoms with van der Waals surface area (Å²) in [6, 6.07) is 11.3. The molecular weight excluding hydrogens is 242 g/mol. The van der Waals surface area contributed by atoms with Gasteiger partial charge in [0.25, 0.3) is 5.56 Å². The minimum absolute atomic E-state index is 0.0681. The normalized spacial score (nSPS) is 10.4. The summed E-state index contributed by atoms with van der Waals surface area (Å²) in [6.07, 6.45) is 1.64. The highest BCUT2D eigenvalue weighted by Gasteiger charge is 2.04. The van der Waals surface area contributed by atoms with E-state index in [1.165, 1.54) is 10.1 Å². The molecule has 0 aliphatic heterocycles. The lowest BCUT2D eigenvalue weighted by molar-refractivity contribution is 0.268. The molecule has 1 aromatic heterocycles. The lowest BCUT2D eigenvalue weighted by atomic mass is 10.2. The van der Waals surface area contributed by atoms with Gasteiger partial charge in [0.2, 0.25) is 0 Å². The first-order valence-corrected chi connectivity index (χ1v) is 6.19. The highest BCUT2D eigenvalue weighted by Crippen LogP contribution is 2.08. The van der Waals surface area contributed by atoms with Gasteiger partial charge in [-0.15, -0.1) is 0 Å². The predicted octanol–water partition coefficient (Wildman–Crippen LogP) is 1.73. The van der Waals surface area contributed by atoms with Crippen LogP contribution >= 0.6 is 0 Å². The molecule has 2 aromatic rings. The molecule has 19 heavy (non-hydrogen) atoms. The van der Waals surface area contributed by atoms with Crippen LogP contribution in [0.3, 0.4) is 0 Å². The SMILES string of the molecule is Cc1ccc(COc2cccn(CCO)c2=O)cc1. The van der Waals surface area contributed by atoms with Crippen molar-refractivity contribution in [2.24, 2.45) is 0 Å². The number of nitrogens with zero attached hydrogens (tertiary/aromatic N) is 1. The fourth-order valence-corrected chi connectivity index (χ4v) is 1.75. The highest BCUT2D eigenvalue weighted by molar-refractivity contribution is 5.22. The molecule has 0 aliphatic carbocycles. The first-order chi connectivity index (χ1) is 9.20. The molecule has 0 saturated carbocycles. The molecule has 0 radical (unpaired) electrons. The van der Waals surface area contributed by atoms with Gasteiger partial charge in [0.15, 0.2) is 5.75 Å². The highest BCUT2D eigenvalue weighted by atomic mass is 16.5. The number of aromatic nitrogens is 1. The van der Waals surface area contributed by atoms with Gasteiger partial charge in [-0.25, -0.2) is 0 Å². The maximum Gasteiger partial charge on any atom is 0.292 e. The minimum atomic E-state index is -0.219. The van der Waals surface area contributed by atoms with E-state index in [9.17, 15) is 4.79 Å². The molecule has 0 amide bonds. The van der Waals surface area contributed by atoms with Crippen LogP contribution in [0.25, 0.3) is 0 Å². The van der Waals surface area contributed by atoms with Crippen molar-refractivity contribution in [1.82, 2.24) is 4.57 Å². The number of benzene rings is 1. The molecule has 4 nitrogen and oxygen atoms in total. The summed E-state index contributed by atoms with van der Waals surface area (Å²) in [4.78, 5) is 12.0. The number of hydrogen-bond donors (Lipinski definition) is 1. The Morgan fingerprint density at radius 1 is 1.21 bits per heavy atom. The van der Waals surface area contributed by atoms with Gasteiger partial charge in [-0.2, -0.15) is 0 Å². The Morgan fingerprint density at radius 3 is 2.63 bits per heavy atom. The van der Waals surface area contributed by atoms with Gasteiger partial charge in [-0.1, -0.05) is 29.8 Å². The fraction of sp³-hybridized carbons (Fsp3) is 0.267. The molecule has 1 aromatic carbocycles. The molecule has 2 rings (SSSR count). The Bertz CT molecular complexity index is 587. The Kier molecular flexibility index (Phi) is 4.36. The number of aliphatic hydroxyl groups is 1. The van der Waals surface area contributed by atoms with Crippen molar-refractivity contribution in [3.05, 3.63) is 64.1 Å². The second-order valence-corrected chi connectivity index (χ2v) is 4.37. The van der Waals surface area contributed by atoms with Crippen LogP contribution in [0.5, 0.6) is 5.75 Å². The van der Waals surface area contributed by atoms with E-state index in [1.54, 1.807) is 18.3 Å². The van der Waals surface area contributed by atoms with Gasteiger partial charge in [0.1, 0.15) is 6.61 Å². The summed E-state index contributed by atoms with van der Waals surface area (Å²) in [5, 5.41) is 8.87. The van der Waals surface area contributed by atoms with Crippen LogP contribution in [0.2, 0.25) is 0 Å². The van der Waals surface area contributed by atoms with Gasteiger partial charge >= 0.3 is 0 Å². The lowest BCUT2D eigenvalue weighted by Crippen LogP contribution is -2.22. The van der Waals surface area contributed by atoms with Crippen LogP contribution in [-0.2, 0) is 13.2 Å². The van der Waals surface area contributed by atoms with E-state index in [-0.39, 0.29) is 18.7 Å². The summed E-state index contributed by atoms with van der Waals surface area (Å²) >= 11 is 0. The van der Waals surface area contributed by atoms with Gasteiger partial charge in [0, 0.05) is 12.7 Å². The van der Waals surface area contributed by atoms with Crippen LogP contribution < -0.4 is 10.3 Å². The van der Waals surface area contributed by atoms with Crippen molar-refractivity contribution >= 4 is 0 Å². The van der Waals surface area contributed by atoms with E-state index in [4.69, 9.17) is 9.84 Å². The molecule has 0 saturated heterocycles. The van der Waals surface area contributed by atoms with E-state index >= 15 is 0 Å². The van der Waals surface area contributed by atoms with Crippen molar-refractivity contribution in [1.29, 1.82) is 0 Å². The van der Waals surface area contributed by atoms with Gasteiger partial charge < -0.3 is 14.4 Å². The quantitative estimate of drug-likeness (QED) is 0.889. The van der Waals surface area contributed by atoms with E-state index in [2.05, 4.69) is 0 Å². The average molecular weight is 259 g/mol. The molecule has 1 N–H and O–H groups in total. The largest absolute Gasteiger partial charge is 0.483 e. The molecule has 4 heteroatoms. The summed E-state index contributed by atoms with van der Waals surface area (Å²) in [6.45, 7) is 2.59. The smallest absolute Gasteiger partial charge is 0.292 e. The summed E-state index contributed by atoms with van der Waals surface area (Å²) < 4.78 is 6.97. The minimum Gasteiger partial charge on any atom is -0.483 e. The third-order valence-electron chi connectivity index (χ3n) is 2.84. The van der Waals surface area contributed by atoms with Crippen LogP contribution in [0, 0.1) is 6.92 Å². The maximum absolute atomic E-state index is 12.0. The maximum atomic E-state index is 12.0. The molecule has 100 valence electrons. The van der Waals surface area contributed by atoms with Gasteiger partial charge in [-0.05, 0) is 24.6 Å². The van der Waals surface area contributed by atoms with E-state index in [1.807, 2.05) is 31.2 Å². The van der Waals surface area contributed by atoms with Crippen LogP contribution in [0.15, 0.2) is 47.4 Å². The molecule has 0 aliphatic rings. The number of aryl methyl sites for hydroxylation is 1. The lowest BCUT2D eigenvalue weighted by Gasteiger charge is -2.08. The van der Waals surface area contributed by atoms with Crippen LogP contribution in [0.1, 0.15) is 11.1 Å². The molecule has 0 atom stereocenters. The van der Waals surface area contributed by atoms with Crippen molar-refractivity contribution in [2.45, 2.75) is 20.1 Å². The first kappa shape index (κ1) is 13.4. The van der Waals surface area contributed by atoms with Crippen LogP contribution in [-0.4, -0.2) is 16.3 Å². The topological polar surface area (TPSA) is 51.5 Å². The predicted molar refractivity (Wildman–Crippen MR) is 73.3 cm³/mol. The molecule has 0 unspecified atom stereocenters. The van der Waals surface area contributed by atoms with Crippen molar-refractivity contribution < 1.29 is 9.84 Å². The zero-order valence-electron chi connectivity index (χ0n) is 10.9. The van der Waals surface area contributed by atoms with E-state index in [0.29, 0.717) is 12.4 Å². The standard InChI is InChI=1S/C15H17NO3/c1-12-4-6-13(7-5-12)11-19-14-3-2-8-16(9-10-17)15(14)18/h2-8,17H,9-11H2,1H3. The number of aliphatic hydroxyl groups excluding tert-OH is 1. The Morgan fingerprint density at radius 2 is 1.95 bits per heavy atom. The summed E-state index contributed by atoms with van der Waals surface area (Å²) in [5.74, 6) is 0.302. The number of hydrogen-bond acceptors (Lipinski definition) is 3. The van der Waals surface area contributed by atoms with Gasteiger partial charge in [0.05, 0.1) is 6.61 Å². The molecule has 0 bridgehead atoms. The molecular formula is C15H17NO3. The van der Waals surface area contributed by atoms with Gasteiger partial charge in [-0.3, -0.25) is 4.79 Å². The fourth-order valence-electron chi connectivity index (χ4n) is 1.75. The third-order valence-corrected chi connectivity index (χ3v) is 2.84. The average Bonchev–Trinajstić information content (AvgIpc) is 2.42. The number of ether oxygens (including phenoxy) is 1.